The lowest BCUT2D eigenvalue weighted by atomic mass is 9.88. The fourth-order valence-corrected chi connectivity index (χ4v) is 1.03. The zero-order valence-corrected chi connectivity index (χ0v) is 17.1. The SMILES string of the molecule is CC(C)(C)[C@H](N)C(=O)O.CC(C)(C)[C@H](N)C(=O)O.CC(C)[C@H](N)C(=O)O. The summed E-state index contributed by atoms with van der Waals surface area (Å²) in [5.41, 5.74) is 15.1. The third-order valence-corrected chi connectivity index (χ3v) is 3.40. The maximum Gasteiger partial charge on any atom is 0.321 e. The number of carbonyl (C=O) groups is 3. The van der Waals surface area contributed by atoms with Crippen molar-refractivity contribution in [2.24, 2.45) is 33.9 Å². The number of hydrogen-bond acceptors (Lipinski definition) is 6. The van der Waals surface area contributed by atoms with Gasteiger partial charge in [-0.25, -0.2) is 0 Å². The smallest absolute Gasteiger partial charge is 0.321 e. The number of rotatable bonds is 4. The van der Waals surface area contributed by atoms with E-state index in [-0.39, 0.29) is 16.7 Å². The Kier molecular flexibility index (Phi) is 13.2. The maximum absolute atomic E-state index is 10.2. The van der Waals surface area contributed by atoms with Gasteiger partial charge < -0.3 is 32.5 Å². The molecule has 0 aliphatic carbocycles. The topological polar surface area (TPSA) is 190 Å². The largest absolute Gasteiger partial charge is 0.480 e. The molecule has 0 heterocycles. The molecule has 0 fully saturated rings. The third kappa shape index (κ3) is 14.6. The Morgan fingerprint density at radius 1 is 0.654 bits per heavy atom. The van der Waals surface area contributed by atoms with Crippen LogP contribution in [0.25, 0.3) is 0 Å². The van der Waals surface area contributed by atoms with Crippen LogP contribution < -0.4 is 17.2 Å². The predicted molar refractivity (Wildman–Crippen MR) is 101 cm³/mol. The van der Waals surface area contributed by atoms with Crippen molar-refractivity contribution in [2.45, 2.75) is 73.5 Å². The average molecular weight is 379 g/mol. The zero-order chi connectivity index (χ0) is 22.0. The third-order valence-electron chi connectivity index (χ3n) is 3.40. The second-order valence-electron chi connectivity index (χ2n) is 8.47. The van der Waals surface area contributed by atoms with E-state index in [9.17, 15) is 14.4 Å². The highest BCUT2D eigenvalue weighted by Gasteiger charge is 2.27. The van der Waals surface area contributed by atoms with Crippen LogP contribution in [0.1, 0.15) is 55.4 Å². The highest BCUT2D eigenvalue weighted by Crippen LogP contribution is 2.17. The van der Waals surface area contributed by atoms with Crippen LogP contribution >= 0.6 is 0 Å². The fourth-order valence-electron chi connectivity index (χ4n) is 1.03. The van der Waals surface area contributed by atoms with Crippen molar-refractivity contribution in [1.29, 1.82) is 0 Å². The van der Waals surface area contributed by atoms with Gasteiger partial charge in [-0.05, 0) is 16.7 Å². The molecule has 0 aromatic rings. The average Bonchev–Trinajstić information content (AvgIpc) is 2.43. The van der Waals surface area contributed by atoms with Gasteiger partial charge >= 0.3 is 17.9 Å². The number of nitrogens with two attached hydrogens (primary N) is 3. The van der Waals surface area contributed by atoms with Crippen LogP contribution in [0.5, 0.6) is 0 Å². The van der Waals surface area contributed by atoms with Gasteiger partial charge in [-0.2, -0.15) is 0 Å². The van der Waals surface area contributed by atoms with Crippen molar-refractivity contribution < 1.29 is 29.7 Å². The summed E-state index contributed by atoms with van der Waals surface area (Å²) in [6, 6.07) is -2.25. The van der Waals surface area contributed by atoms with E-state index in [1.54, 1.807) is 55.4 Å². The van der Waals surface area contributed by atoms with E-state index in [0.29, 0.717) is 0 Å². The van der Waals surface area contributed by atoms with Gasteiger partial charge in [0.1, 0.15) is 18.1 Å². The van der Waals surface area contributed by atoms with Crippen LogP contribution in [0, 0.1) is 16.7 Å². The van der Waals surface area contributed by atoms with E-state index >= 15 is 0 Å². The first-order valence-electron chi connectivity index (χ1n) is 8.21. The van der Waals surface area contributed by atoms with E-state index in [0.717, 1.165) is 0 Å². The number of carboxylic acid groups (broad SMARTS) is 3. The van der Waals surface area contributed by atoms with Gasteiger partial charge in [0.15, 0.2) is 0 Å². The van der Waals surface area contributed by atoms with Crippen molar-refractivity contribution in [3.05, 3.63) is 0 Å². The normalized spacial score (nSPS) is 14.8. The van der Waals surface area contributed by atoms with Gasteiger partial charge in [-0.3, -0.25) is 14.4 Å². The van der Waals surface area contributed by atoms with Gasteiger partial charge in [0, 0.05) is 0 Å². The molecule has 9 heteroatoms. The molecule has 0 aromatic carbocycles. The molecule has 0 saturated heterocycles. The van der Waals surface area contributed by atoms with Crippen LogP contribution in [-0.4, -0.2) is 51.4 Å². The van der Waals surface area contributed by atoms with Crippen LogP contribution in [0.4, 0.5) is 0 Å². The molecule has 0 amide bonds. The molecule has 0 unspecified atom stereocenters. The van der Waals surface area contributed by atoms with Gasteiger partial charge in [-0.1, -0.05) is 55.4 Å². The molecular formula is C17H37N3O6. The summed E-state index contributed by atoms with van der Waals surface area (Å²) in [4.78, 5) is 30.5. The molecule has 0 radical (unpaired) electrons. The standard InChI is InChI=1S/2C6H13NO2.C5H11NO2/c2*1-6(2,3)4(7)5(8)9;1-3(2)4(6)5(7)8/h2*4H,7H2,1-3H3,(H,8,9);3-4H,6H2,1-2H3,(H,7,8)/t3*4-/m110/s1. The van der Waals surface area contributed by atoms with Crippen LogP contribution in [-0.2, 0) is 14.4 Å². The lowest BCUT2D eigenvalue weighted by molar-refractivity contribution is -0.142. The molecule has 0 aromatic heterocycles. The Labute approximate surface area is 155 Å². The summed E-state index contributed by atoms with van der Waals surface area (Å²) < 4.78 is 0. The molecule has 26 heavy (non-hydrogen) atoms. The predicted octanol–water partition coefficient (Wildman–Crippen LogP) is 0.943. The van der Waals surface area contributed by atoms with Gasteiger partial charge in [0.2, 0.25) is 0 Å². The van der Waals surface area contributed by atoms with E-state index in [2.05, 4.69) is 0 Å². The number of carboxylic acids is 3. The van der Waals surface area contributed by atoms with Crippen molar-refractivity contribution in [1.82, 2.24) is 0 Å². The van der Waals surface area contributed by atoms with Crippen LogP contribution in [0.15, 0.2) is 0 Å². The van der Waals surface area contributed by atoms with Gasteiger partial charge in [0.25, 0.3) is 0 Å². The van der Waals surface area contributed by atoms with Gasteiger partial charge in [-0.15, -0.1) is 0 Å². The Hall–Kier alpha value is -1.71. The number of hydrogen-bond donors (Lipinski definition) is 6. The first-order chi connectivity index (χ1) is 11.3. The molecule has 9 nitrogen and oxygen atoms in total. The van der Waals surface area contributed by atoms with E-state index in [4.69, 9.17) is 32.5 Å². The lowest BCUT2D eigenvalue weighted by Gasteiger charge is -2.22. The molecule has 0 aliphatic rings. The van der Waals surface area contributed by atoms with Crippen molar-refractivity contribution in [2.75, 3.05) is 0 Å². The summed E-state index contributed by atoms with van der Waals surface area (Å²) in [6.45, 7) is 14.3. The molecule has 0 rings (SSSR count). The highest BCUT2D eigenvalue weighted by molar-refractivity contribution is 5.74. The van der Waals surface area contributed by atoms with E-state index < -0.39 is 36.0 Å². The summed E-state index contributed by atoms with van der Waals surface area (Å²) >= 11 is 0. The lowest BCUT2D eigenvalue weighted by Crippen LogP contribution is -2.41. The number of aliphatic carboxylic acids is 3. The zero-order valence-electron chi connectivity index (χ0n) is 17.1. The summed E-state index contributed by atoms with van der Waals surface area (Å²) in [5.74, 6) is -2.79. The Bertz CT molecular complexity index is 422. The molecule has 0 bridgehead atoms. The van der Waals surface area contributed by atoms with Crippen LogP contribution in [0.3, 0.4) is 0 Å². The summed E-state index contributed by atoms with van der Waals surface area (Å²) in [7, 11) is 0. The Balaban J connectivity index is -0.000000306. The first kappa shape index (κ1) is 29.1. The first-order valence-corrected chi connectivity index (χ1v) is 8.21. The van der Waals surface area contributed by atoms with E-state index in [1.165, 1.54) is 0 Å². The van der Waals surface area contributed by atoms with Crippen LogP contribution in [0.2, 0.25) is 0 Å². The Morgan fingerprint density at radius 3 is 0.885 bits per heavy atom. The molecular weight excluding hydrogens is 342 g/mol. The monoisotopic (exact) mass is 379 g/mol. The summed E-state index contributed by atoms with van der Waals surface area (Å²) in [5, 5.41) is 25.0. The van der Waals surface area contributed by atoms with Crippen molar-refractivity contribution >= 4 is 17.9 Å². The van der Waals surface area contributed by atoms with Crippen molar-refractivity contribution in [3.63, 3.8) is 0 Å². The minimum atomic E-state index is -0.942. The molecule has 3 atom stereocenters. The quantitative estimate of drug-likeness (QED) is 0.412. The minimum Gasteiger partial charge on any atom is -0.480 e. The molecule has 0 spiro atoms. The summed E-state index contributed by atoms with van der Waals surface area (Å²) in [6.07, 6.45) is 0. The van der Waals surface area contributed by atoms with Crippen molar-refractivity contribution in [3.8, 4) is 0 Å². The second-order valence-corrected chi connectivity index (χ2v) is 8.47. The maximum atomic E-state index is 10.2. The van der Waals surface area contributed by atoms with Gasteiger partial charge in [0.05, 0.1) is 0 Å². The second kappa shape index (κ2) is 11.8. The molecule has 9 N–H and O–H groups in total. The molecule has 156 valence electrons. The molecule has 0 aliphatic heterocycles. The highest BCUT2D eigenvalue weighted by atomic mass is 16.4. The van der Waals surface area contributed by atoms with E-state index in [1.807, 2.05) is 0 Å². The fraction of sp³-hybridized carbons (Fsp3) is 0.824. The minimum absolute atomic E-state index is 0.0208. The Morgan fingerprint density at radius 2 is 0.885 bits per heavy atom. The molecule has 0 saturated carbocycles.